The van der Waals surface area contributed by atoms with Crippen LogP contribution in [0.1, 0.15) is 5.82 Å². The van der Waals surface area contributed by atoms with E-state index < -0.39 is 0 Å². The van der Waals surface area contributed by atoms with E-state index in [9.17, 15) is 0 Å². The smallest absolute Gasteiger partial charge is 0.129 e. The summed E-state index contributed by atoms with van der Waals surface area (Å²) >= 11 is 0. The number of hydrogen-bond acceptors (Lipinski definition) is 1. The summed E-state index contributed by atoms with van der Waals surface area (Å²) < 4.78 is 0. The first-order valence-corrected chi connectivity index (χ1v) is 2.05. The molecule has 0 unspecified atom stereocenters. The molecule has 0 saturated heterocycles. The van der Waals surface area contributed by atoms with E-state index in [4.69, 9.17) is 0 Å². The molecular formula is C5H6N2Zn. The average Bonchev–Trinajstić information content (AvgIpc) is 2.14. The summed E-state index contributed by atoms with van der Waals surface area (Å²) in [5, 5.41) is 0. The Morgan fingerprint density at radius 2 is 2.50 bits per heavy atom. The van der Waals surface area contributed by atoms with Gasteiger partial charge < -0.3 is 4.98 Å². The Hall–Kier alpha value is -0.427. The first-order chi connectivity index (χ1) is 3.43. The molecule has 1 rings (SSSR count). The zero-order chi connectivity index (χ0) is 5.11. The summed E-state index contributed by atoms with van der Waals surface area (Å²) in [5.41, 5.74) is 0. The zero-order valence-corrected chi connectivity index (χ0v) is 7.56. The van der Waals surface area contributed by atoms with E-state index in [0.717, 1.165) is 5.82 Å². The molecule has 0 bridgehead atoms. The van der Waals surface area contributed by atoms with Crippen LogP contribution < -0.4 is 0 Å². The van der Waals surface area contributed by atoms with Crippen LogP contribution in [-0.4, -0.2) is 9.97 Å². The van der Waals surface area contributed by atoms with Crippen molar-refractivity contribution in [2.45, 2.75) is 0 Å². The summed E-state index contributed by atoms with van der Waals surface area (Å²) in [4.78, 5) is 6.72. The van der Waals surface area contributed by atoms with Crippen LogP contribution in [0.15, 0.2) is 19.0 Å². The van der Waals surface area contributed by atoms with Crippen molar-refractivity contribution in [2.75, 3.05) is 0 Å². The zero-order valence-electron chi connectivity index (χ0n) is 4.59. The molecule has 0 radical (unpaired) electrons. The number of imidazole rings is 1. The third-order valence-corrected chi connectivity index (χ3v) is 0.713. The second-order valence-corrected chi connectivity index (χ2v) is 1.18. The molecular weight excluding hydrogens is 153 g/mol. The second-order valence-electron chi connectivity index (χ2n) is 1.18. The maximum Gasteiger partial charge on any atom is 0.129 e. The molecule has 38 valence electrons. The normalized spacial score (nSPS) is 7.50. The van der Waals surface area contributed by atoms with Crippen molar-refractivity contribution >= 4 is 6.08 Å². The summed E-state index contributed by atoms with van der Waals surface area (Å²) in [6.45, 7) is 3.51. The van der Waals surface area contributed by atoms with Crippen molar-refractivity contribution in [3.05, 3.63) is 24.8 Å². The van der Waals surface area contributed by atoms with Crippen LogP contribution in [-0.2, 0) is 19.5 Å². The fraction of sp³-hybridized carbons (Fsp3) is 0. The fourth-order valence-corrected chi connectivity index (χ4v) is 0.389. The molecule has 8 heavy (non-hydrogen) atoms. The Kier molecular flexibility index (Phi) is 3.37. The third-order valence-electron chi connectivity index (χ3n) is 0.713. The predicted octanol–water partition coefficient (Wildman–Crippen LogP) is 1.05. The van der Waals surface area contributed by atoms with Gasteiger partial charge in [-0.1, -0.05) is 6.58 Å². The van der Waals surface area contributed by atoms with Crippen LogP contribution >= 0.6 is 0 Å². The molecule has 1 aromatic heterocycles. The molecule has 0 aliphatic rings. The van der Waals surface area contributed by atoms with Crippen LogP contribution in [0, 0.1) is 0 Å². The number of H-pyrrole nitrogens is 1. The molecule has 0 aromatic carbocycles. The standard InChI is InChI=1S/C5H6N2.Zn/c1-2-5-6-3-4-7-5;/h2-4H,1H2,(H,6,7);. The Balaban J connectivity index is 0.000000490. The summed E-state index contributed by atoms with van der Waals surface area (Å²) in [6, 6.07) is 0. The van der Waals surface area contributed by atoms with Gasteiger partial charge in [-0.2, -0.15) is 0 Å². The molecule has 0 saturated carbocycles. The summed E-state index contributed by atoms with van der Waals surface area (Å²) in [6.07, 6.45) is 5.12. The van der Waals surface area contributed by atoms with E-state index in [0.29, 0.717) is 0 Å². The molecule has 1 heterocycles. The molecule has 0 amide bonds. The molecule has 0 atom stereocenters. The van der Waals surface area contributed by atoms with E-state index in [-0.39, 0.29) is 19.5 Å². The first kappa shape index (κ1) is 7.57. The predicted molar refractivity (Wildman–Crippen MR) is 28.7 cm³/mol. The number of nitrogens with one attached hydrogen (secondary N) is 1. The fourth-order valence-electron chi connectivity index (χ4n) is 0.389. The van der Waals surface area contributed by atoms with E-state index in [1.54, 1.807) is 18.5 Å². The molecule has 1 aromatic rings. The van der Waals surface area contributed by atoms with Gasteiger partial charge in [-0.25, -0.2) is 4.98 Å². The van der Waals surface area contributed by atoms with Gasteiger partial charge in [0.25, 0.3) is 0 Å². The average molecular weight is 160 g/mol. The molecule has 1 N–H and O–H groups in total. The minimum Gasteiger partial charge on any atom is -0.345 e. The van der Waals surface area contributed by atoms with Gasteiger partial charge in [-0.15, -0.1) is 0 Å². The number of hydrogen-bond donors (Lipinski definition) is 1. The van der Waals surface area contributed by atoms with Gasteiger partial charge in [0.05, 0.1) is 0 Å². The van der Waals surface area contributed by atoms with Gasteiger partial charge in [0.15, 0.2) is 0 Å². The van der Waals surface area contributed by atoms with Crippen LogP contribution in [0.3, 0.4) is 0 Å². The molecule has 0 aliphatic carbocycles. The Labute approximate surface area is 60.8 Å². The minimum absolute atomic E-state index is 0. The molecule has 2 nitrogen and oxygen atoms in total. The van der Waals surface area contributed by atoms with E-state index >= 15 is 0 Å². The Bertz CT molecular complexity index is 145. The van der Waals surface area contributed by atoms with Crippen LogP contribution in [0.2, 0.25) is 0 Å². The minimum atomic E-state index is 0. The monoisotopic (exact) mass is 158 g/mol. The van der Waals surface area contributed by atoms with Crippen molar-refractivity contribution in [2.24, 2.45) is 0 Å². The number of rotatable bonds is 1. The van der Waals surface area contributed by atoms with E-state index in [1.165, 1.54) is 0 Å². The number of aromatic amines is 1. The molecule has 0 spiro atoms. The first-order valence-electron chi connectivity index (χ1n) is 2.05. The van der Waals surface area contributed by atoms with Gasteiger partial charge in [-0.3, -0.25) is 0 Å². The van der Waals surface area contributed by atoms with Crippen molar-refractivity contribution in [3.63, 3.8) is 0 Å². The van der Waals surface area contributed by atoms with Crippen LogP contribution in [0.4, 0.5) is 0 Å². The maximum absolute atomic E-state index is 3.86. The number of aromatic nitrogens is 2. The van der Waals surface area contributed by atoms with E-state index in [1.807, 2.05) is 0 Å². The van der Waals surface area contributed by atoms with Crippen LogP contribution in [0.25, 0.3) is 6.08 Å². The topological polar surface area (TPSA) is 28.7 Å². The molecule has 0 fully saturated rings. The Morgan fingerprint density at radius 3 is 2.75 bits per heavy atom. The van der Waals surface area contributed by atoms with E-state index in [2.05, 4.69) is 16.5 Å². The Morgan fingerprint density at radius 1 is 1.75 bits per heavy atom. The van der Waals surface area contributed by atoms with Crippen molar-refractivity contribution in [1.82, 2.24) is 9.97 Å². The molecule has 0 aliphatic heterocycles. The second kappa shape index (κ2) is 3.56. The summed E-state index contributed by atoms with van der Waals surface area (Å²) in [7, 11) is 0. The van der Waals surface area contributed by atoms with Gasteiger partial charge in [0.2, 0.25) is 0 Å². The van der Waals surface area contributed by atoms with Gasteiger partial charge in [-0.05, 0) is 6.08 Å². The van der Waals surface area contributed by atoms with Gasteiger partial charge in [0.1, 0.15) is 5.82 Å². The largest absolute Gasteiger partial charge is 0.345 e. The SMILES string of the molecule is C=Cc1ncc[nH]1.[Zn]. The van der Waals surface area contributed by atoms with Crippen LogP contribution in [0.5, 0.6) is 0 Å². The van der Waals surface area contributed by atoms with Crippen molar-refractivity contribution in [3.8, 4) is 0 Å². The third kappa shape index (κ3) is 1.59. The summed E-state index contributed by atoms with van der Waals surface area (Å²) in [5.74, 6) is 0.819. The van der Waals surface area contributed by atoms with Gasteiger partial charge in [0, 0.05) is 31.9 Å². The van der Waals surface area contributed by atoms with Crippen molar-refractivity contribution in [1.29, 1.82) is 0 Å². The molecule has 3 heteroatoms. The van der Waals surface area contributed by atoms with Crippen molar-refractivity contribution < 1.29 is 19.5 Å². The quantitative estimate of drug-likeness (QED) is 0.610. The van der Waals surface area contributed by atoms with Gasteiger partial charge >= 0.3 is 0 Å². The number of nitrogens with zero attached hydrogens (tertiary/aromatic N) is 1. The maximum atomic E-state index is 3.86.